The number of aromatic nitrogens is 2. The number of likely N-dealkylation sites (tertiary alicyclic amines) is 1. The van der Waals surface area contributed by atoms with Gasteiger partial charge in [-0.25, -0.2) is 0 Å². The third-order valence-electron chi connectivity index (χ3n) is 6.44. The molecule has 4 rings (SSSR count). The first-order valence-corrected chi connectivity index (χ1v) is 12.7. The number of halogens is 1. The Labute approximate surface area is 213 Å². The fraction of sp³-hybridized carbons (Fsp3) is 0.464. The van der Waals surface area contributed by atoms with Crippen molar-refractivity contribution in [3.63, 3.8) is 0 Å². The molecule has 0 saturated carbocycles. The van der Waals surface area contributed by atoms with E-state index in [1.807, 2.05) is 62.1 Å². The van der Waals surface area contributed by atoms with Crippen LogP contribution in [0.1, 0.15) is 41.5 Å². The van der Waals surface area contributed by atoms with Crippen LogP contribution in [-0.4, -0.2) is 51.7 Å². The van der Waals surface area contributed by atoms with E-state index >= 15 is 0 Å². The molecule has 1 atom stereocenters. The summed E-state index contributed by atoms with van der Waals surface area (Å²) >= 11 is 6.26. The summed E-state index contributed by atoms with van der Waals surface area (Å²) in [6.45, 7) is 10.1. The van der Waals surface area contributed by atoms with Crippen LogP contribution < -0.4 is 9.47 Å². The van der Waals surface area contributed by atoms with Gasteiger partial charge >= 0.3 is 0 Å². The largest absolute Gasteiger partial charge is 0.494 e. The molecular formula is C28H36ClN3O3. The SMILES string of the molecule is Cc1cnn(CCCOc2ccc(CN3CCC[C@](O)(COc4cc(C)c(Cl)c(C)c4)C3)cc2)c1. The average Bonchev–Trinajstić information content (AvgIpc) is 3.25. The summed E-state index contributed by atoms with van der Waals surface area (Å²) in [6.07, 6.45) is 6.50. The Morgan fingerprint density at radius 3 is 2.49 bits per heavy atom. The molecule has 2 aromatic carbocycles. The topological polar surface area (TPSA) is 59.8 Å². The number of aryl methyl sites for hydroxylation is 4. The lowest BCUT2D eigenvalue weighted by atomic mass is 9.93. The van der Waals surface area contributed by atoms with Crippen molar-refractivity contribution in [3.8, 4) is 11.5 Å². The first kappa shape index (κ1) is 25.5. The molecule has 1 N–H and O–H groups in total. The number of β-amino-alcohol motifs (C(OH)–C–C–N with tert-alkyl or cyclic N) is 1. The third kappa shape index (κ3) is 7.23. The normalized spacial score (nSPS) is 18.5. The standard InChI is InChI=1S/C28H36ClN3O3/c1-21-16-30-32(17-21)12-5-13-34-25-8-6-24(7-9-25)18-31-11-4-10-28(33,19-31)20-35-26-14-22(2)27(29)23(3)15-26/h6-9,14-17,33H,4-5,10-13,18-20H2,1-3H3/t28-/m1/s1. The zero-order valence-electron chi connectivity index (χ0n) is 21.0. The van der Waals surface area contributed by atoms with E-state index in [9.17, 15) is 5.11 Å². The van der Waals surface area contributed by atoms with Crippen LogP contribution in [0.4, 0.5) is 0 Å². The van der Waals surface area contributed by atoms with E-state index in [2.05, 4.69) is 22.1 Å². The maximum absolute atomic E-state index is 11.2. The lowest BCUT2D eigenvalue weighted by Gasteiger charge is -2.39. The zero-order chi connectivity index (χ0) is 24.8. The molecule has 1 aliphatic rings. The molecular weight excluding hydrogens is 462 g/mol. The van der Waals surface area contributed by atoms with Crippen molar-refractivity contribution in [2.45, 2.75) is 58.7 Å². The minimum atomic E-state index is -0.865. The summed E-state index contributed by atoms with van der Waals surface area (Å²) in [7, 11) is 0. The van der Waals surface area contributed by atoms with Crippen molar-refractivity contribution in [2.24, 2.45) is 0 Å². The first-order chi connectivity index (χ1) is 16.8. The Hall–Kier alpha value is -2.54. The molecule has 0 spiro atoms. The van der Waals surface area contributed by atoms with Gasteiger partial charge in [0.1, 0.15) is 23.7 Å². The van der Waals surface area contributed by atoms with Gasteiger partial charge in [0, 0.05) is 37.3 Å². The number of nitrogens with zero attached hydrogens (tertiary/aromatic N) is 3. The molecule has 1 aromatic heterocycles. The second-order valence-corrected chi connectivity index (χ2v) is 10.2. The van der Waals surface area contributed by atoms with Gasteiger partial charge in [0.25, 0.3) is 0 Å². The molecule has 0 bridgehead atoms. The fourth-order valence-electron chi connectivity index (χ4n) is 4.62. The van der Waals surface area contributed by atoms with Crippen LogP contribution in [0.25, 0.3) is 0 Å². The molecule has 2 heterocycles. The highest BCUT2D eigenvalue weighted by Gasteiger charge is 2.34. The number of piperidine rings is 1. The van der Waals surface area contributed by atoms with Crippen molar-refractivity contribution in [2.75, 3.05) is 26.3 Å². The van der Waals surface area contributed by atoms with Gasteiger partial charge in [-0.05, 0) is 86.7 Å². The Morgan fingerprint density at radius 1 is 1.06 bits per heavy atom. The molecule has 0 radical (unpaired) electrons. The van der Waals surface area contributed by atoms with Gasteiger partial charge in [0.05, 0.1) is 12.8 Å². The molecule has 3 aromatic rings. The van der Waals surface area contributed by atoms with E-state index in [1.54, 1.807) is 0 Å². The van der Waals surface area contributed by atoms with E-state index in [1.165, 1.54) is 11.1 Å². The minimum absolute atomic E-state index is 0.273. The third-order valence-corrected chi connectivity index (χ3v) is 7.04. The van der Waals surface area contributed by atoms with Gasteiger partial charge < -0.3 is 14.6 Å². The predicted molar refractivity (Wildman–Crippen MR) is 139 cm³/mol. The summed E-state index contributed by atoms with van der Waals surface area (Å²) in [5.74, 6) is 1.63. The summed E-state index contributed by atoms with van der Waals surface area (Å²) in [5.41, 5.74) is 3.49. The van der Waals surface area contributed by atoms with Crippen LogP contribution in [0, 0.1) is 20.8 Å². The minimum Gasteiger partial charge on any atom is -0.494 e. The van der Waals surface area contributed by atoms with Gasteiger partial charge in [-0.1, -0.05) is 23.7 Å². The van der Waals surface area contributed by atoms with Crippen LogP contribution in [0.2, 0.25) is 5.02 Å². The first-order valence-electron chi connectivity index (χ1n) is 12.3. The number of ether oxygens (including phenoxy) is 2. The molecule has 6 nitrogen and oxygen atoms in total. The van der Waals surface area contributed by atoms with Gasteiger partial charge in [-0.2, -0.15) is 5.10 Å². The number of aliphatic hydroxyl groups is 1. The number of hydrogen-bond acceptors (Lipinski definition) is 5. The van der Waals surface area contributed by atoms with Gasteiger partial charge in [0.15, 0.2) is 0 Å². The Kier molecular flexibility index (Phi) is 8.37. The average molecular weight is 498 g/mol. The summed E-state index contributed by atoms with van der Waals surface area (Å²) < 4.78 is 13.8. The highest BCUT2D eigenvalue weighted by molar-refractivity contribution is 6.32. The summed E-state index contributed by atoms with van der Waals surface area (Å²) in [5, 5.41) is 16.3. The highest BCUT2D eigenvalue weighted by atomic mass is 35.5. The Balaban J connectivity index is 1.23. The van der Waals surface area contributed by atoms with E-state index in [0.717, 1.165) is 66.5 Å². The van der Waals surface area contributed by atoms with Crippen LogP contribution in [0.15, 0.2) is 48.8 Å². The van der Waals surface area contributed by atoms with Crippen LogP contribution in [0.5, 0.6) is 11.5 Å². The van der Waals surface area contributed by atoms with Crippen molar-refractivity contribution in [1.29, 1.82) is 0 Å². The van der Waals surface area contributed by atoms with E-state index in [-0.39, 0.29) is 6.61 Å². The van der Waals surface area contributed by atoms with E-state index in [4.69, 9.17) is 21.1 Å². The van der Waals surface area contributed by atoms with Crippen molar-refractivity contribution < 1.29 is 14.6 Å². The highest BCUT2D eigenvalue weighted by Crippen LogP contribution is 2.28. The molecule has 0 amide bonds. The number of benzene rings is 2. The molecule has 1 saturated heterocycles. The van der Waals surface area contributed by atoms with E-state index < -0.39 is 5.60 Å². The second kappa shape index (κ2) is 11.5. The lowest BCUT2D eigenvalue weighted by Crippen LogP contribution is -2.51. The number of hydrogen-bond donors (Lipinski definition) is 1. The maximum Gasteiger partial charge on any atom is 0.120 e. The van der Waals surface area contributed by atoms with Crippen molar-refractivity contribution in [1.82, 2.24) is 14.7 Å². The smallest absolute Gasteiger partial charge is 0.120 e. The summed E-state index contributed by atoms with van der Waals surface area (Å²) in [4.78, 5) is 2.30. The van der Waals surface area contributed by atoms with Gasteiger partial charge in [-0.15, -0.1) is 0 Å². The summed E-state index contributed by atoms with van der Waals surface area (Å²) in [6, 6.07) is 12.1. The molecule has 0 unspecified atom stereocenters. The van der Waals surface area contributed by atoms with Crippen LogP contribution in [0.3, 0.4) is 0 Å². The van der Waals surface area contributed by atoms with E-state index in [0.29, 0.717) is 13.2 Å². The van der Waals surface area contributed by atoms with Crippen molar-refractivity contribution >= 4 is 11.6 Å². The monoisotopic (exact) mass is 497 g/mol. The lowest BCUT2D eigenvalue weighted by molar-refractivity contribution is -0.0621. The molecule has 1 fully saturated rings. The predicted octanol–water partition coefficient (Wildman–Crippen LogP) is 5.34. The number of rotatable bonds is 10. The molecule has 0 aliphatic carbocycles. The Bertz CT molecular complexity index is 1090. The Morgan fingerprint density at radius 2 is 1.80 bits per heavy atom. The molecule has 7 heteroatoms. The van der Waals surface area contributed by atoms with Gasteiger partial charge in [-0.3, -0.25) is 9.58 Å². The fourth-order valence-corrected chi connectivity index (χ4v) is 4.73. The molecule has 188 valence electrons. The quantitative estimate of drug-likeness (QED) is 0.383. The molecule has 1 aliphatic heterocycles. The zero-order valence-corrected chi connectivity index (χ0v) is 21.7. The van der Waals surface area contributed by atoms with Crippen molar-refractivity contribution in [3.05, 3.63) is 76.1 Å². The maximum atomic E-state index is 11.2. The second-order valence-electron chi connectivity index (χ2n) is 9.83. The van der Waals surface area contributed by atoms with Gasteiger partial charge in [0.2, 0.25) is 0 Å². The molecule has 35 heavy (non-hydrogen) atoms. The van der Waals surface area contributed by atoms with Crippen LogP contribution in [-0.2, 0) is 13.1 Å². The van der Waals surface area contributed by atoms with Crippen LogP contribution >= 0.6 is 11.6 Å².